The predicted octanol–water partition coefficient (Wildman–Crippen LogP) is -0.262. The average Bonchev–Trinajstić information content (AvgIpc) is 1.85. The third-order valence-electron chi connectivity index (χ3n) is 1.35. The highest BCUT2D eigenvalue weighted by Crippen LogP contribution is 2.50. The molecule has 0 aliphatic heterocycles. The number of carbonyl (C=O) groups excluding carboxylic acids is 1. The Morgan fingerprint density at radius 1 is 1.58 bits per heavy atom. The smallest absolute Gasteiger partial charge is 0.310 e. The van der Waals surface area contributed by atoms with Crippen molar-refractivity contribution in [3.8, 4) is 0 Å². The lowest BCUT2D eigenvalue weighted by molar-refractivity contribution is -0.140. The highest BCUT2D eigenvalue weighted by Gasteiger charge is 2.36. The third-order valence-corrected chi connectivity index (χ3v) is 3.22. The molecular weight excluding hydrogens is 183 g/mol. The van der Waals surface area contributed by atoms with Gasteiger partial charge in [0.05, 0.1) is 5.92 Å². The molecule has 0 rings (SSSR count). The second-order valence-corrected chi connectivity index (χ2v) is 5.14. The maximum absolute atomic E-state index is 10.3. The summed E-state index contributed by atoms with van der Waals surface area (Å²) in [6.45, 7) is 1.37. The van der Waals surface area contributed by atoms with E-state index in [2.05, 4.69) is 0 Å². The molecule has 0 aromatic heterocycles. The number of hydrogen-bond donors (Lipinski definition) is 3. The summed E-state index contributed by atoms with van der Waals surface area (Å²) in [6, 6.07) is 0. The van der Waals surface area contributed by atoms with Crippen molar-refractivity contribution >= 4 is 20.0 Å². The normalized spacial score (nSPS) is 13.9. The molecule has 0 radical (unpaired) electrons. The minimum atomic E-state index is -3.30. The van der Waals surface area contributed by atoms with Crippen molar-refractivity contribution in [1.82, 2.24) is 0 Å². The van der Waals surface area contributed by atoms with E-state index in [4.69, 9.17) is 14.9 Å². The van der Waals surface area contributed by atoms with Crippen LogP contribution in [0.4, 0.5) is 0 Å². The van der Waals surface area contributed by atoms with Gasteiger partial charge in [0.25, 0.3) is 7.72 Å². The van der Waals surface area contributed by atoms with Crippen LogP contribution in [0.5, 0.6) is 0 Å². The predicted molar refractivity (Wildman–Crippen MR) is 44.0 cm³/mol. The number of carbonyl (C=O) groups is 2. The van der Waals surface area contributed by atoms with Crippen LogP contribution >= 0.6 is 7.72 Å². The number of aldehydes is 1. The standard InChI is InChI=1S/C6H11O5P/c1-5(6(8)9)4-12(10,11)3-2-7/h2,5,10-11H,3-4H2,1H3/p+1. The molecule has 3 N–H and O–H groups in total. The van der Waals surface area contributed by atoms with Crippen LogP contribution in [0.15, 0.2) is 0 Å². The van der Waals surface area contributed by atoms with Gasteiger partial charge in [-0.15, -0.1) is 0 Å². The van der Waals surface area contributed by atoms with Crippen LogP contribution in [0.25, 0.3) is 0 Å². The van der Waals surface area contributed by atoms with Crippen molar-refractivity contribution in [1.29, 1.82) is 0 Å². The maximum atomic E-state index is 10.3. The zero-order valence-corrected chi connectivity index (χ0v) is 7.57. The van der Waals surface area contributed by atoms with Gasteiger partial charge in [0.15, 0.2) is 12.4 Å². The average molecular weight is 195 g/mol. The molecule has 0 saturated carbocycles. The van der Waals surface area contributed by atoms with E-state index in [9.17, 15) is 9.59 Å². The number of carboxylic acids is 1. The van der Waals surface area contributed by atoms with Gasteiger partial charge in [-0.1, -0.05) is 0 Å². The van der Waals surface area contributed by atoms with Gasteiger partial charge in [-0.2, -0.15) is 0 Å². The molecule has 0 saturated heterocycles. The van der Waals surface area contributed by atoms with Crippen LogP contribution in [0.3, 0.4) is 0 Å². The fourth-order valence-electron chi connectivity index (χ4n) is 0.711. The molecule has 12 heavy (non-hydrogen) atoms. The fraction of sp³-hybridized carbons (Fsp3) is 0.667. The minimum Gasteiger partial charge on any atom is -0.481 e. The lowest BCUT2D eigenvalue weighted by Gasteiger charge is -2.11. The van der Waals surface area contributed by atoms with Gasteiger partial charge in [-0.05, 0) is 6.92 Å². The first-order chi connectivity index (χ1) is 5.39. The lowest BCUT2D eigenvalue weighted by atomic mass is 10.2. The van der Waals surface area contributed by atoms with Crippen molar-refractivity contribution in [3.05, 3.63) is 0 Å². The van der Waals surface area contributed by atoms with Crippen molar-refractivity contribution in [2.45, 2.75) is 6.92 Å². The second-order valence-electron chi connectivity index (χ2n) is 2.65. The van der Waals surface area contributed by atoms with Gasteiger partial charge >= 0.3 is 5.97 Å². The molecule has 0 spiro atoms. The minimum absolute atomic E-state index is 0.235. The number of rotatable bonds is 5. The van der Waals surface area contributed by atoms with Crippen molar-refractivity contribution < 1.29 is 24.5 Å². The largest absolute Gasteiger partial charge is 0.481 e. The third kappa shape index (κ3) is 4.38. The second kappa shape index (κ2) is 4.50. The quantitative estimate of drug-likeness (QED) is 0.415. The van der Waals surface area contributed by atoms with E-state index in [1.807, 2.05) is 0 Å². The maximum Gasteiger partial charge on any atom is 0.310 e. The molecule has 70 valence electrons. The van der Waals surface area contributed by atoms with Crippen LogP contribution in [0, 0.1) is 5.92 Å². The molecule has 0 aromatic rings. The van der Waals surface area contributed by atoms with Crippen LogP contribution in [-0.4, -0.2) is 39.5 Å². The van der Waals surface area contributed by atoms with E-state index in [1.165, 1.54) is 6.92 Å². The van der Waals surface area contributed by atoms with Crippen molar-refractivity contribution in [3.63, 3.8) is 0 Å². The zero-order chi connectivity index (χ0) is 9.78. The first-order valence-corrected chi connectivity index (χ1v) is 5.44. The molecule has 0 bridgehead atoms. The molecule has 0 fully saturated rings. The van der Waals surface area contributed by atoms with Gasteiger partial charge < -0.3 is 5.11 Å². The Kier molecular flexibility index (Phi) is 4.31. The van der Waals surface area contributed by atoms with Gasteiger partial charge in [-0.3, -0.25) is 9.59 Å². The van der Waals surface area contributed by atoms with E-state index in [0.717, 1.165) is 0 Å². The lowest BCUT2D eigenvalue weighted by Crippen LogP contribution is -2.18. The fourth-order valence-corrected chi connectivity index (χ4v) is 2.13. The van der Waals surface area contributed by atoms with Crippen molar-refractivity contribution in [2.24, 2.45) is 5.92 Å². The van der Waals surface area contributed by atoms with Gasteiger partial charge in [-0.25, -0.2) is 9.79 Å². The monoisotopic (exact) mass is 195 g/mol. The van der Waals surface area contributed by atoms with Crippen LogP contribution < -0.4 is 0 Å². The first-order valence-electron chi connectivity index (χ1n) is 3.38. The molecule has 1 unspecified atom stereocenters. The Bertz CT molecular complexity index is 179. The molecule has 0 heterocycles. The van der Waals surface area contributed by atoms with Gasteiger partial charge in [0.2, 0.25) is 0 Å². The Labute approximate surface area is 70.5 Å². The summed E-state index contributed by atoms with van der Waals surface area (Å²) < 4.78 is 0. The zero-order valence-electron chi connectivity index (χ0n) is 6.67. The van der Waals surface area contributed by atoms with Crippen LogP contribution in [0.2, 0.25) is 0 Å². The van der Waals surface area contributed by atoms with E-state index >= 15 is 0 Å². The van der Waals surface area contributed by atoms with Gasteiger partial charge in [0, 0.05) is 0 Å². The first kappa shape index (κ1) is 11.5. The Balaban J connectivity index is 4.04. The summed E-state index contributed by atoms with van der Waals surface area (Å²) in [7, 11) is -3.30. The molecule has 0 amide bonds. The summed E-state index contributed by atoms with van der Waals surface area (Å²) in [5, 5.41) is 8.42. The van der Waals surface area contributed by atoms with Gasteiger partial charge in [0.1, 0.15) is 6.16 Å². The van der Waals surface area contributed by atoms with E-state index in [1.54, 1.807) is 0 Å². The number of aliphatic carboxylic acids is 1. The topological polar surface area (TPSA) is 94.8 Å². The number of hydrogen-bond acceptors (Lipinski definition) is 4. The molecule has 0 aliphatic carbocycles. The SMILES string of the molecule is CC(C[P+](O)(O)CC=O)C(=O)O. The molecule has 0 aliphatic rings. The van der Waals surface area contributed by atoms with E-state index in [-0.39, 0.29) is 12.3 Å². The molecular formula is C6H12O5P+. The molecule has 5 nitrogen and oxygen atoms in total. The summed E-state index contributed by atoms with van der Waals surface area (Å²) >= 11 is 0. The van der Waals surface area contributed by atoms with E-state index < -0.39 is 19.6 Å². The number of carboxylic acid groups (broad SMARTS) is 1. The highest BCUT2D eigenvalue weighted by atomic mass is 31.2. The summed E-state index contributed by atoms with van der Waals surface area (Å²) in [6.07, 6.45) is -0.200. The van der Waals surface area contributed by atoms with Crippen LogP contribution in [0.1, 0.15) is 6.92 Å². The summed E-state index contributed by atoms with van der Waals surface area (Å²) in [5.74, 6) is -1.92. The molecule has 6 heteroatoms. The Hall–Kier alpha value is -0.510. The Morgan fingerprint density at radius 3 is 2.42 bits per heavy atom. The Morgan fingerprint density at radius 2 is 2.08 bits per heavy atom. The highest BCUT2D eigenvalue weighted by molar-refractivity contribution is 7.65. The van der Waals surface area contributed by atoms with Crippen LogP contribution in [-0.2, 0) is 9.59 Å². The summed E-state index contributed by atoms with van der Waals surface area (Å²) in [5.41, 5.74) is 0. The summed E-state index contributed by atoms with van der Waals surface area (Å²) in [4.78, 5) is 38.4. The van der Waals surface area contributed by atoms with Crippen molar-refractivity contribution in [2.75, 3.05) is 12.3 Å². The van der Waals surface area contributed by atoms with E-state index in [0.29, 0.717) is 6.29 Å². The molecule has 1 atom stereocenters. The molecule has 0 aromatic carbocycles.